The summed E-state index contributed by atoms with van der Waals surface area (Å²) in [5.41, 5.74) is 1.02. The second kappa shape index (κ2) is 18.1. The van der Waals surface area contributed by atoms with Crippen LogP contribution in [-0.2, 0) is 17.9 Å². The number of carbonyl (C=O) groups excluding carboxylic acids is 1. The zero-order chi connectivity index (χ0) is 38.5. The summed E-state index contributed by atoms with van der Waals surface area (Å²) in [5, 5.41) is 5.40. The van der Waals surface area contributed by atoms with E-state index in [4.69, 9.17) is 32.7 Å². The first-order valence-electron chi connectivity index (χ1n) is 19.1. The highest BCUT2D eigenvalue weighted by Crippen LogP contribution is 2.45. The summed E-state index contributed by atoms with van der Waals surface area (Å²) in [5.74, 6) is 1.69. The van der Waals surface area contributed by atoms with Crippen LogP contribution in [0.4, 0.5) is 0 Å². The quantitative estimate of drug-likeness (QED) is 0.123. The Kier molecular flexibility index (Phi) is 13.7. The molecule has 0 N–H and O–H groups in total. The van der Waals surface area contributed by atoms with E-state index in [9.17, 15) is 0 Å². The van der Waals surface area contributed by atoms with Crippen molar-refractivity contribution in [2.75, 3.05) is 26.2 Å². The van der Waals surface area contributed by atoms with Gasteiger partial charge in [-0.3, -0.25) is 24.6 Å². The van der Waals surface area contributed by atoms with Crippen molar-refractivity contribution in [2.45, 2.75) is 116 Å². The Morgan fingerprint density at radius 1 is 0.685 bits per heavy atom. The molecule has 0 aromatic carbocycles. The molecule has 2 aliphatic heterocycles. The molecule has 2 saturated heterocycles. The first kappa shape index (κ1) is 41.0. The fraction of sp³-hybridized carbons (Fsp3) is 0.585. The van der Waals surface area contributed by atoms with E-state index >= 15 is 4.79 Å². The van der Waals surface area contributed by atoms with Gasteiger partial charge in [-0.1, -0.05) is 23.2 Å². The van der Waals surface area contributed by atoms with Crippen LogP contribution in [0.25, 0.3) is 0 Å². The number of nitrogens with zero attached hydrogens (tertiary/aromatic N) is 6. The molecule has 4 aromatic rings. The minimum absolute atomic E-state index is 0.251. The normalized spacial score (nSPS) is 18.1. The second-order valence-electron chi connectivity index (χ2n) is 16.7. The lowest BCUT2D eigenvalue weighted by atomic mass is 9.77. The van der Waals surface area contributed by atoms with Crippen LogP contribution in [0, 0.1) is 11.8 Å². The summed E-state index contributed by atoms with van der Waals surface area (Å²) in [4.78, 5) is 40.0. The summed E-state index contributed by atoms with van der Waals surface area (Å²) >= 11 is 16.9. The van der Waals surface area contributed by atoms with Gasteiger partial charge in [0.15, 0.2) is 0 Å². The first-order chi connectivity index (χ1) is 25.7. The van der Waals surface area contributed by atoms with Gasteiger partial charge >= 0.3 is 0 Å². The summed E-state index contributed by atoms with van der Waals surface area (Å²) in [7, 11) is 0. The Morgan fingerprint density at radius 3 is 1.39 bits per heavy atom. The SMILES string of the molecule is CC(C)(C)Oc1nccnc1CN1CCC(CC(C(=O)C(CC2CCN(Cc3nccnc3OC(C)(C)C)CC2)c2sccc2Cl)c2sccc2Cl)CC1. The molecule has 292 valence electrons. The van der Waals surface area contributed by atoms with Gasteiger partial charge < -0.3 is 9.47 Å². The molecule has 2 aliphatic rings. The van der Waals surface area contributed by atoms with Crippen molar-refractivity contribution in [3.8, 4) is 11.8 Å². The van der Waals surface area contributed by atoms with Gasteiger partial charge in [0, 0.05) is 47.6 Å². The van der Waals surface area contributed by atoms with E-state index in [-0.39, 0.29) is 28.8 Å². The molecule has 2 atom stereocenters. The lowest BCUT2D eigenvalue weighted by Crippen LogP contribution is -2.36. The van der Waals surface area contributed by atoms with Crippen molar-refractivity contribution in [3.63, 3.8) is 0 Å². The van der Waals surface area contributed by atoms with Gasteiger partial charge in [0.25, 0.3) is 0 Å². The number of ether oxygens (including phenoxy) is 2. The van der Waals surface area contributed by atoms with E-state index in [1.807, 2.05) is 64.4 Å². The summed E-state index contributed by atoms with van der Waals surface area (Å²) in [6, 6.07) is 3.86. The molecule has 0 saturated carbocycles. The second-order valence-corrected chi connectivity index (χ2v) is 19.4. The van der Waals surface area contributed by atoms with Gasteiger partial charge in [-0.2, -0.15) is 0 Å². The Hall–Kier alpha value is -2.67. The zero-order valence-electron chi connectivity index (χ0n) is 32.4. The molecule has 2 unspecified atom stereocenters. The number of piperidine rings is 2. The summed E-state index contributed by atoms with van der Waals surface area (Å²) in [6.45, 7) is 17.2. The molecular weight excluding hydrogens is 760 g/mol. The maximum atomic E-state index is 15.0. The average molecular weight is 814 g/mol. The van der Waals surface area contributed by atoms with E-state index in [2.05, 4.69) is 29.7 Å². The van der Waals surface area contributed by atoms with Crippen molar-refractivity contribution in [2.24, 2.45) is 11.8 Å². The maximum Gasteiger partial charge on any atom is 0.237 e. The number of aromatic nitrogens is 4. The highest BCUT2D eigenvalue weighted by atomic mass is 35.5. The number of ketones is 1. The molecule has 6 rings (SSSR count). The van der Waals surface area contributed by atoms with E-state index in [0.29, 0.717) is 46.7 Å². The Bertz CT molecular complexity index is 1690. The number of rotatable bonds is 14. The predicted molar refractivity (Wildman–Crippen MR) is 219 cm³/mol. The molecule has 6 heterocycles. The van der Waals surface area contributed by atoms with Crippen molar-refractivity contribution < 1.29 is 14.3 Å². The van der Waals surface area contributed by atoms with Crippen LogP contribution in [0.3, 0.4) is 0 Å². The van der Waals surface area contributed by atoms with Crippen LogP contribution >= 0.6 is 45.9 Å². The van der Waals surface area contributed by atoms with Crippen LogP contribution in [0.15, 0.2) is 47.7 Å². The Balaban J connectivity index is 1.12. The smallest absolute Gasteiger partial charge is 0.237 e. The largest absolute Gasteiger partial charge is 0.471 e. The molecule has 13 heteroatoms. The third-order valence-electron chi connectivity index (χ3n) is 10.2. The number of likely N-dealkylation sites (tertiary alicyclic amines) is 2. The van der Waals surface area contributed by atoms with E-state index in [1.54, 1.807) is 47.5 Å². The molecule has 0 spiro atoms. The maximum absolute atomic E-state index is 15.0. The summed E-state index contributed by atoms with van der Waals surface area (Å²) < 4.78 is 12.2. The van der Waals surface area contributed by atoms with Gasteiger partial charge in [-0.25, -0.2) is 9.97 Å². The third kappa shape index (κ3) is 11.2. The van der Waals surface area contributed by atoms with Gasteiger partial charge in [0.2, 0.25) is 11.8 Å². The van der Waals surface area contributed by atoms with Crippen molar-refractivity contribution in [1.29, 1.82) is 0 Å². The Morgan fingerprint density at radius 2 is 1.06 bits per heavy atom. The number of carbonyl (C=O) groups is 1. The lowest BCUT2D eigenvalue weighted by Gasteiger charge is -2.35. The average Bonchev–Trinajstić information content (AvgIpc) is 3.75. The molecule has 9 nitrogen and oxygen atoms in total. The number of hydrogen-bond acceptors (Lipinski definition) is 11. The monoisotopic (exact) mass is 812 g/mol. The fourth-order valence-corrected chi connectivity index (χ4v) is 10.2. The van der Waals surface area contributed by atoms with Crippen LogP contribution in [-0.4, -0.2) is 72.9 Å². The van der Waals surface area contributed by atoms with Crippen molar-refractivity contribution in [3.05, 3.63) is 78.9 Å². The fourth-order valence-electron chi connectivity index (χ4n) is 7.58. The molecular formula is C41H54Cl2N6O3S2. The zero-order valence-corrected chi connectivity index (χ0v) is 35.5. The number of hydrogen-bond donors (Lipinski definition) is 0. The lowest BCUT2D eigenvalue weighted by molar-refractivity contribution is -0.122. The minimum atomic E-state index is -0.352. The van der Waals surface area contributed by atoms with Gasteiger partial charge in [-0.05, 0) is 141 Å². The van der Waals surface area contributed by atoms with Crippen molar-refractivity contribution in [1.82, 2.24) is 29.7 Å². The minimum Gasteiger partial charge on any atom is -0.471 e. The molecule has 0 amide bonds. The van der Waals surface area contributed by atoms with E-state index in [1.165, 1.54) is 0 Å². The predicted octanol–water partition coefficient (Wildman–Crippen LogP) is 10.1. The standard InChI is InChI=1S/C41H54Cl2N6O3S2/c1-40(2,3)51-38-33(44-13-15-46-38)25-48-17-7-27(8-18-48)23-29(36-31(42)11-21-53-36)35(50)30(37-32(43)12-22-54-37)24-28-9-19-49(20-10-28)26-34-39(47-16-14-45-34)52-41(4,5)6/h11-16,21-22,27-30H,7-10,17-20,23-26H2,1-6H3. The molecule has 54 heavy (non-hydrogen) atoms. The molecule has 0 bridgehead atoms. The van der Waals surface area contributed by atoms with Gasteiger partial charge in [-0.15, -0.1) is 22.7 Å². The highest BCUT2D eigenvalue weighted by Gasteiger charge is 2.37. The van der Waals surface area contributed by atoms with Crippen LogP contribution in [0.1, 0.15) is 113 Å². The van der Waals surface area contributed by atoms with Gasteiger partial charge in [0.1, 0.15) is 28.4 Å². The van der Waals surface area contributed by atoms with Crippen LogP contribution < -0.4 is 9.47 Å². The molecule has 0 radical (unpaired) electrons. The molecule has 4 aromatic heterocycles. The van der Waals surface area contributed by atoms with Crippen LogP contribution in [0.2, 0.25) is 10.0 Å². The molecule has 0 aliphatic carbocycles. The highest BCUT2D eigenvalue weighted by molar-refractivity contribution is 7.11. The Labute approximate surface area is 338 Å². The summed E-state index contributed by atoms with van der Waals surface area (Å²) in [6.07, 6.45) is 12.4. The van der Waals surface area contributed by atoms with Crippen molar-refractivity contribution >= 4 is 51.7 Å². The first-order valence-corrected chi connectivity index (χ1v) is 21.7. The van der Waals surface area contributed by atoms with Crippen LogP contribution in [0.5, 0.6) is 11.8 Å². The number of thiophene rings is 2. The molecule has 2 fully saturated rings. The number of halogens is 2. The van der Waals surface area contributed by atoms with E-state index in [0.717, 1.165) is 85.8 Å². The topological polar surface area (TPSA) is 93.6 Å². The third-order valence-corrected chi connectivity index (χ3v) is 13.1. The number of Topliss-reactive ketones (excluding diaryl/α,β-unsaturated/α-hetero) is 1. The van der Waals surface area contributed by atoms with E-state index < -0.39 is 0 Å². The van der Waals surface area contributed by atoms with Gasteiger partial charge in [0.05, 0.1) is 21.9 Å².